The highest BCUT2D eigenvalue weighted by Gasteiger charge is 2.45. The zero-order valence-corrected chi connectivity index (χ0v) is 15.8. The number of rotatable bonds is 4. The molecule has 0 spiro atoms. The van der Waals surface area contributed by atoms with Crippen molar-refractivity contribution in [1.82, 2.24) is 9.97 Å². The molecule has 0 amide bonds. The summed E-state index contributed by atoms with van der Waals surface area (Å²) in [7, 11) is 0. The second-order valence-electron chi connectivity index (χ2n) is 7.44. The summed E-state index contributed by atoms with van der Waals surface area (Å²) >= 11 is 0. The Morgan fingerprint density at radius 1 is 0.964 bits per heavy atom. The van der Waals surface area contributed by atoms with E-state index in [-0.39, 0.29) is 0 Å². The van der Waals surface area contributed by atoms with E-state index in [1.54, 1.807) is 0 Å². The molecule has 1 aliphatic rings. The quantitative estimate of drug-likeness (QED) is 0.719. The first-order valence-corrected chi connectivity index (χ1v) is 9.13. The van der Waals surface area contributed by atoms with Gasteiger partial charge in [0.1, 0.15) is 0 Å². The molecule has 1 heterocycles. The van der Waals surface area contributed by atoms with Crippen molar-refractivity contribution in [2.24, 2.45) is 11.8 Å². The lowest BCUT2D eigenvalue weighted by Crippen LogP contribution is -2.33. The maximum absolute atomic E-state index is 12.1. The molecular weight excluding hydrogens is 356 g/mol. The molecule has 1 aliphatic carbocycles. The molecule has 0 radical (unpaired) electrons. The molecule has 2 N–H and O–H groups in total. The molecule has 0 fully saturated rings. The second kappa shape index (κ2) is 6.41. The number of carboxylic acids is 2. The molecule has 0 aliphatic heterocycles. The highest BCUT2D eigenvalue weighted by molar-refractivity contribution is 5.87. The fourth-order valence-electron chi connectivity index (χ4n) is 4.03. The van der Waals surface area contributed by atoms with E-state index in [1.165, 1.54) is 6.92 Å². The summed E-state index contributed by atoms with van der Waals surface area (Å²) < 4.78 is 0. The van der Waals surface area contributed by atoms with Crippen molar-refractivity contribution < 1.29 is 19.8 Å². The normalized spacial score (nSPS) is 17.0. The smallest absolute Gasteiger partial charge is 0.308 e. The summed E-state index contributed by atoms with van der Waals surface area (Å²) in [6.45, 7) is 5.43. The Kier molecular flexibility index (Phi) is 4.14. The first-order valence-electron chi connectivity index (χ1n) is 9.13. The number of carboxylic acid groups (broad SMARTS) is 2. The number of aromatic nitrogens is 2. The van der Waals surface area contributed by atoms with Crippen molar-refractivity contribution in [1.29, 1.82) is 0 Å². The van der Waals surface area contributed by atoms with Crippen molar-refractivity contribution in [3.8, 4) is 11.3 Å². The average Bonchev–Trinajstić information content (AvgIpc) is 2.94. The van der Waals surface area contributed by atoms with Crippen molar-refractivity contribution >= 4 is 23.0 Å². The number of fused-ring (bicyclic) bond motifs is 4. The van der Waals surface area contributed by atoms with Gasteiger partial charge < -0.3 is 10.2 Å². The van der Waals surface area contributed by atoms with E-state index in [0.717, 1.165) is 27.8 Å². The maximum atomic E-state index is 12.1. The first-order chi connectivity index (χ1) is 13.3. The molecule has 0 bridgehead atoms. The van der Waals surface area contributed by atoms with Gasteiger partial charge in [0.25, 0.3) is 0 Å². The van der Waals surface area contributed by atoms with Crippen LogP contribution in [0.15, 0.2) is 36.4 Å². The molecule has 6 nitrogen and oxygen atoms in total. The SMILES string of the molecule is Cc1cc2nc3c(nc2cc1C)C(C(C(=O)O)C(C)C(=O)O)c1ccccc1-3. The summed E-state index contributed by atoms with van der Waals surface area (Å²) in [6.07, 6.45) is 0. The second-order valence-corrected chi connectivity index (χ2v) is 7.44. The van der Waals surface area contributed by atoms with Gasteiger partial charge in [0.15, 0.2) is 0 Å². The van der Waals surface area contributed by atoms with Gasteiger partial charge in [0, 0.05) is 11.5 Å². The minimum Gasteiger partial charge on any atom is -0.481 e. The molecule has 0 saturated heterocycles. The summed E-state index contributed by atoms with van der Waals surface area (Å²) in [5.41, 5.74) is 6.37. The van der Waals surface area contributed by atoms with Gasteiger partial charge in [0.2, 0.25) is 0 Å². The van der Waals surface area contributed by atoms with Crippen LogP contribution in [0.2, 0.25) is 0 Å². The largest absolute Gasteiger partial charge is 0.481 e. The lowest BCUT2D eigenvalue weighted by Gasteiger charge is -2.24. The molecule has 2 aromatic carbocycles. The molecule has 0 saturated carbocycles. The Morgan fingerprint density at radius 3 is 2.18 bits per heavy atom. The third-order valence-electron chi connectivity index (χ3n) is 5.72. The van der Waals surface area contributed by atoms with Gasteiger partial charge in [0.05, 0.1) is 34.3 Å². The van der Waals surface area contributed by atoms with Gasteiger partial charge in [-0.1, -0.05) is 31.2 Å². The van der Waals surface area contributed by atoms with Crippen LogP contribution < -0.4 is 0 Å². The van der Waals surface area contributed by atoms with Crippen LogP contribution in [0.1, 0.15) is 35.2 Å². The van der Waals surface area contributed by atoms with Gasteiger partial charge in [-0.25, -0.2) is 9.97 Å². The standard InChI is InChI=1S/C22H20N2O4/c1-10-8-15-16(9-11(10)2)24-20-18(17(22(27)28)12(3)21(25)26)13-6-4-5-7-14(13)19(20)23-15/h4-9,12,17-18H,1-3H3,(H,25,26)(H,27,28). The van der Waals surface area contributed by atoms with E-state index >= 15 is 0 Å². The number of hydrogen-bond donors (Lipinski definition) is 2. The molecule has 3 aromatic rings. The van der Waals surface area contributed by atoms with Gasteiger partial charge in [-0.3, -0.25) is 9.59 Å². The lowest BCUT2D eigenvalue weighted by atomic mass is 9.78. The lowest BCUT2D eigenvalue weighted by molar-refractivity contribution is -0.153. The molecule has 6 heteroatoms. The minimum absolute atomic E-state index is 0.539. The number of aliphatic carboxylic acids is 2. The monoisotopic (exact) mass is 376 g/mol. The summed E-state index contributed by atoms with van der Waals surface area (Å²) in [5, 5.41) is 19.4. The number of carbonyl (C=O) groups is 2. The molecule has 28 heavy (non-hydrogen) atoms. The molecular formula is C22H20N2O4. The highest BCUT2D eigenvalue weighted by Crippen LogP contribution is 2.48. The van der Waals surface area contributed by atoms with E-state index in [2.05, 4.69) is 0 Å². The fraction of sp³-hybridized carbons (Fsp3) is 0.273. The van der Waals surface area contributed by atoms with Crippen LogP contribution in [0.4, 0.5) is 0 Å². The zero-order chi connectivity index (χ0) is 20.2. The number of aryl methyl sites for hydroxylation is 2. The molecule has 3 unspecified atom stereocenters. The van der Waals surface area contributed by atoms with Crippen LogP contribution in [0.25, 0.3) is 22.3 Å². The Hall–Kier alpha value is -3.28. The van der Waals surface area contributed by atoms with Crippen LogP contribution in [0.5, 0.6) is 0 Å². The fourth-order valence-corrected chi connectivity index (χ4v) is 4.03. The summed E-state index contributed by atoms with van der Waals surface area (Å²) in [5.74, 6) is -5.16. The molecule has 1 aromatic heterocycles. The average molecular weight is 376 g/mol. The van der Waals surface area contributed by atoms with E-state index in [9.17, 15) is 19.8 Å². The van der Waals surface area contributed by atoms with E-state index in [4.69, 9.17) is 9.97 Å². The van der Waals surface area contributed by atoms with Crippen molar-refractivity contribution in [2.45, 2.75) is 26.7 Å². The number of benzene rings is 2. The maximum Gasteiger partial charge on any atom is 0.308 e. The Labute approximate surface area is 161 Å². The van der Waals surface area contributed by atoms with E-state index in [1.807, 2.05) is 50.2 Å². The predicted molar refractivity (Wildman–Crippen MR) is 104 cm³/mol. The van der Waals surface area contributed by atoms with Crippen LogP contribution in [-0.4, -0.2) is 32.1 Å². The van der Waals surface area contributed by atoms with E-state index in [0.29, 0.717) is 16.9 Å². The molecule has 4 rings (SSSR count). The Morgan fingerprint density at radius 2 is 1.57 bits per heavy atom. The van der Waals surface area contributed by atoms with Crippen LogP contribution in [0.3, 0.4) is 0 Å². The van der Waals surface area contributed by atoms with E-state index < -0.39 is 29.7 Å². The van der Waals surface area contributed by atoms with Gasteiger partial charge in [-0.15, -0.1) is 0 Å². The topological polar surface area (TPSA) is 100 Å². The Bertz CT molecular complexity index is 1140. The van der Waals surface area contributed by atoms with Crippen LogP contribution in [0, 0.1) is 25.7 Å². The van der Waals surface area contributed by atoms with Gasteiger partial charge in [-0.05, 0) is 42.7 Å². The first kappa shape index (κ1) is 18.1. The van der Waals surface area contributed by atoms with Crippen molar-refractivity contribution in [3.63, 3.8) is 0 Å². The van der Waals surface area contributed by atoms with Crippen molar-refractivity contribution in [3.05, 3.63) is 58.8 Å². The highest BCUT2D eigenvalue weighted by atomic mass is 16.4. The van der Waals surface area contributed by atoms with Gasteiger partial charge >= 0.3 is 11.9 Å². The minimum atomic E-state index is -1.15. The molecule has 3 atom stereocenters. The summed E-state index contributed by atoms with van der Waals surface area (Å²) in [6, 6.07) is 11.3. The van der Waals surface area contributed by atoms with Gasteiger partial charge in [-0.2, -0.15) is 0 Å². The number of hydrogen-bond acceptors (Lipinski definition) is 4. The zero-order valence-electron chi connectivity index (χ0n) is 15.8. The third kappa shape index (κ3) is 2.64. The number of nitrogens with zero attached hydrogens (tertiary/aromatic N) is 2. The third-order valence-corrected chi connectivity index (χ3v) is 5.72. The Balaban J connectivity index is 2.01. The molecule has 142 valence electrons. The predicted octanol–water partition coefficient (Wildman–Crippen LogP) is 3.78. The van der Waals surface area contributed by atoms with Crippen LogP contribution >= 0.6 is 0 Å². The van der Waals surface area contributed by atoms with Crippen LogP contribution in [-0.2, 0) is 9.59 Å². The summed E-state index contributed by atoms with van der Waals surface area (Å²) in [4.78, 5) is 33.3. The van der Waals surface area contributed by atoms with Crippen molar-refractivity contribution in [2.75, 3.05) is 0 Å².